The number of nitrogens with one attached hydrogen (secondary N) is 1. The van der Waals surface area contributed by atoms with Crippen molar-refractivity contribution in [1.82, 2.24) is 9.71 Å². The Labute approximate surface area is 192 Å². The van der Waals surface area contributed by atoms with Gasteiger partial charge in [-0.05, 0) is 35.6 Å². The molecule has 0 spiro atoms. The number of benzene rings is 1. The molecule has 5 nitrogen and oxygen atoms in total. The van der Waals surface area contributed by atoms with Crippen molar-refractivity contribution < 1.29 is 4.79 Å². The lowest BCUT2D eigenvalue weighted by atomic mass is 10.0. The minimum Gasteiger partial charge on any atom is -0.313 e. The molecule has 1 aromatic heterocycles. The van der Waals surface area contributed by atoms with Crippen LogP contribution in [-0.4, -0.2) is 23.7 Å². The number of nitriles is 1. The molecule has 1 aliphatic heterocycles. The molecule has 1 amide bonds. The number of anilines is 2. The van der Waals surface area contributed by atoms with Gasteiger partial charge in [0.1, 0.15) is 4.34 Å². The molecule has 0 bridgehead atoms. The zero-order valence-corrected chi connectivity index (χ0v) is 19.2. The van der Waals surface area contributed by atoms with Crippen LogP contribution >= 0.6 is 46.6 Å². The Morgan fingerprint density at radius 3 is 2.93 bits per heavy atom. The lowest BCUT2D eigenvalue weighted by Gasteiger charge is -2.22. The Morgan fingerprint density at radius 2 is 2.23 bits per heavy atom. The van der Waals surface area contributed by atoms with Gasteiger partial charge in [0.2, 0.25) is 0 Å². The van der Waals surface area contributed by atoms with Crippen molar-refractivity contribution in [3.63, 3.8) is 0 Å². The fourth-order valence-electron chi connectivity index (χ4n) is 3.21. The van der Waals surface area contributed by atoms with Crippen LogP contribution in [0.4, 0.5) is 10.8 Å². The number of nitrogens with zero attached hydrogens (tertiary/aromatic N) is 3. The molecule has 1 unspecified atom stereocenters. The minimum atomic E-state index is -0.313. The molecule has 2 aromatic rings. The predicted octanol–water partition coefficient (Wildman–Crippen LogP) is 5.90. The molecule has 30 heavy (non-hydrogen) atoms. The van der Waals surface area contributed by atoms with E-state index in [1.54, 1.807) is 30.2 Å². The van der Waals surface area contributed by atoms with Crippen LogP contribution in [0.5, 0.6) is 0 Å². The van der Waals surface area contributed by atoms with Gasteiger partial charge in [0, 0.05) is 22.8 Å². The highest BCUT2D eigenvalue weighted by molar-refractivity contribution is 8.07. The number of aromatic nitrogens is 1. The molecule has 2 heterocycles. The average molecular weight is 473 g/mol. The maximum absolute atomic E-state index is 12.3. The quantitative estimate of drug-likeness (QED) is 0.527. The molecule has 9 heteroatoms. The van der Waals surface area contributed by atoms with E-state index < -0.39 is 0 Å². The van der Waals surface area contributed by atoms with Gasteiger partial charge in [-0.25, -0.2) is 4.98 Å². The largest absolute Gasteiger partial charge is 0.313 e. The molecule has 1 aromatic carbocycles. The number of rotatable bonds is 6. The minimum absolute atomic E-state index is 0.221. The zero-order valence-electron chi connectivity index (χ0n) is 16.0. The molecule has 1 N–H and O–H groups in total. The Hall–Kier alpha value is -2.18. The van der Waals surface area contributed by atoms with E-state index in [4.69, 9.17) is 16.9 Å². The van der Waals surface area contributed by atoms with Crippen molar-refractivity contribution in [2.75, 3.05) is 17.7 Å². The van der Waals surface area contributed by atoms with E-state index in [0.29, 0.717) is 27.5 Å². The highest BCUT2D eigenvalue weighted by Crippen LogP contribution is 2.45. The summed E-state index contributed by atoms with van der Waals surface area (Å²) in [5.41, 5.74) is 1.70. The summed E-state index contributed by atoms with van der Waals surface area (Å²) in [6.45, 7) is 0.609. The first kappa shape index (κ1) is 21.1. The third kappa shape index (κ3) is 4.44. The van der Waals surface area contributed by atoms with E-state index in [2.05, 4.69) is 40.1 Å². The molecule has 152 valence electrons. The molecule has 2 aliphatic rings. The molecule has 0 saturated carbocycles. The van der Waals surface area contributed by atoms with Gasteiger partial charge >= 0.3 is 0 Å². The summed E-state index contributed by atoms with van der Waals surface area (Å²) in [4.78, 5) is 21.4. The number of carbonyl (C=O) groups excluding carboxylic acids is 1. The number of thiazole rings is 1. The number of thioether (sulfide) groups is 1. The van der Waals surface area contributed by atoms with E-state index in [1.165, 1.54) is 33.1 Å². The zero-order chi connectivity index (χ0) is 21.1. The summed E-state index contributed by atoms with van der Waals surface area (Å²) in [6, 6.07) is 9.49. The normalized spacial score (nSPS) is 17.0. The van der Waals surface area contributed by atoms with E-state index in [1.807, 2.05) is 17.0 Å². The van der Waals surface area contributed by atoms with E-state index in [0.717, 1.165) is 12.1 Å². The van der Waals surface area contributed by atoms with Gasteiger partial charge in [-0.1, -0.05) is 71.0 Å². The molecule has 1 aliphatic carbocycles. The van der Waals surface area contributed by atoms with E-state index >= 15 is 0 Å². The van der Waals surface area contributed by atoms with Crippen molar-refractivity contribution in [3.8, 4) is 6.07 Å². The van der Waals surface area contributed by atoms with Gasteiger partial charge in [-0.3, -0.25) is 9.52 Å². The monoisotopic (exact) mass is 472 g/mol. The van der Waals surface area contributed by atoms with Gasteiger partial charge in [0.15, 0.2) is 10.8 Å². The first-order valence-electron chi connectivity index (χ1n) is 9.11. The predicted molar refractivity (Wildman–Crippen MR) is 127 cm³/mol. The van der Waals surface area contributed by atoms with Crippen molar-refractivity contribution >= 4 is 63.4 Å². The van der Waals surface area contributed by atoms with Crippen LogP contribution in [0.2, 0.25) is 4.34 Å². The smallest absolute Gasteiger partial charge is 0.282 e. The second-order valence-electron chi connectivity index (χ2n) is 6.57. The number of amides is 1. The molecule has 0 fully saturated rings. The SMILES string of the molecule is CSNC(=O)c1nc(N(CC2=CC3CC=CC=C3S2)c2ccc(C#N)cc2)sc1Cl. The average Bonchev–Trinajstić information content (AvgIpc) is 3.35. The van der Waals surface area contributed by atoms with Crippen LogP contribution in [-0.2, 0) is 0 Å². The van der Waals surface area contributed by atoms with Crippen molar-refractivity contribution in [2.45, 2.75) is 6.42 Å². The molecule has 4 rings (SSSR count). The van der Waals surface area contributed by atoms with Crippen LogP contribution in [0.3, 0.4) is 0 Å². The summed E-state index contributed by atoms with van der Waals surface area (Å²) in [5, 5.41) is 9.76. The fourth-order valence-corrected chi connectivity index (χ4v) is 5.83. The molecule has 0 saturated heterocycles. The third-order valence-electron chi connectivity index (χ3n) is 4.63. The van der Waals surface area contributed by atoms with Gasteiger partial charge in [0.05, 0.1) is 18.2 Å². The summed E-state index contributed by atoms with van der Waals surface area (Å²) < 4.78 is 3.02. The maximum atomic E-state index is 12.3. The van der Waals surface area contributed by atoms with E-state index in [9.17, 15) is 4.79 Å². The van der Waals surface area contributed by atoms with Gasteiger partial charge in [-0.15, -0.1) is 0 Å². The molecular weight excluding hydrogens is 456 g/mol. The Bertz CT molecular complexity index is 1100. The van der Waals surface area contributed by atoms with Crippen molar-refractivity contribution in [3.05, 3.63) is 74.0 Å². The lowest BCUT2D eigenvalue weighted by Crippen LogP contribution is -2.20. The topological polar surface area (TPSA) is 69.0 Å². The Morgan fingerprint density at radius 1 is 1.43 bits per heavy atom. The number of fused-ring (bicyclic) bond motifs is 1. The molecular formula is C21H17ClN4OS3. The number of halogens is 1. The molecule has 0 radical (unpaired) electrons. The third-order valence-corrected chi connectivity index (χ3v) is 7.49. The van der Waals surface area contributed by atoms with Gasteiger partial charge < -0.3 is 4.90 Å². The number of carbonyl (C=O) groups is 1. The van der Waals surface area contributed by atoms with Crippen LogP contribution in [0.25, 0.3) is 0 Å². The maximum Gasteiger partial charge on any atom is 0.282 e. The Balaban J connectivity index is 1.67. The van der Waals surface area contributed by atoms with Crippen molar-refractivity contribution in [1.29, 1.82) is 5.26 Å². The number of hydrogen-bond donors (Lipinski definition) is 1. The summed E-state index contributed by atoms with van der Waals surface area (Å²) in [7, 11) is 0. The Kier molecular flexibility index (Phi) is 6.54. The first-order valence-corrected chi connectivity index (χ1v) is 12.3. The standard InChI is InChI=1S/C21H17ClN4OS3/c1-28-25-20(27)18-19(22)30-21(24-18)26(15-8-6-13(11-23)7-9-15)12-16-10-14-4-2-3-5-17(14)29-16/h2-3,5-10,14H,4,12H2,1H3,(H,25,27). The van der Waals surface area contributed by atoms with Gasteiger partial charge in [-0.2, -0.15) is 5.26 Å². The fraction of sp³-hybridized carbons (Fsp3) is 0.190. The number of hydrogen-bond acceptors (Lipinski definition) is 7. The van der Waals surface area contributed by atoms with E-state index in [-0.39, 0.29) is 11.6 Å². The number of allylic oxidation sites excluding steroid dienone is 5. The summed E-state index contributed by atoms with van der Waals surface area (Å²) >= 11 is 10.6. The van der Waals surface area contributed by atoms with Crippen molar-refractivity contribution in [2.24, 2.45) is 5.92 Å². The second-order valence-corrected chi connectivity index (χ2v) is 9.97. The van der Waals surface area contributed by atoms with Crippen LogP contribution in [0.15, 0.2) is 58.4 Å². The summed E-state index contributed by atoms with van der Waals surface area (Å²) in [6.07, 6.45) is 11.5. The van der Waals surface area contributed by atoms with Crippen LogP contribution in [0, 0.1) is 17.2 Å². The summed E-state index contributed by atoms with van der Waals surface area (Å²) in [5.74, 6) is 0.118. The molecule has 1 atom stereocenters. The van der Waals surface area contributed by atoms with Crippen LogP contribution < -0.4 is 9.62 Å². The van der Waals surface area contributed by atoms with Crippen LogP contribution in [0.1, 0.15) is 22.5 Å². The first-order chi connectivity index (χ1) is 14.6. The second kappa shape index (κ2) is 9.31. The lowest BCUT2D eigenvalue weighted by molar-refractivity contribution is 0.0980. The van der Waals surface area contributed by atoms with Gasteiger partial charge in [0.25, 0.3) is 5.91 Å². The highest BCUT2D eigenvalue weighted by Gasteiger charge is 2.27. The highest BCUT2D eigenvalue weighted by atomic mass is 35.5.